The fourth-order valence-electron chi connectivity index (χ4n) is 3.59. The number of rotatable bonds is 5. The Balaban J connectivity index is 1.76. The molecule has 132 valence electrons. The maximum Gasteiger partial charge on any atom is 0.119 e. The molecule has 0 aliphatic carbocycles. The van der Waals surface area contributed by atoms with Gasteiger partial charge < -0.3 is 19.4 Å². The third-order valence-electron chi connectivity index (χ3n) is 4.80. The molecule has 2 heterocycles. The topological polar surface area (TPSA) is 40.7 Å². The van der Waals surface area contributed by atoms with E-state index in [0.717, 1.165) is 45.1 Å². The Morgan fingerprint density at radius 1 is 1.38 bits per heavy atom. The quantitative estimate of drug-likeness (QED) is 0.914. The number of aryl methyl sites for hydroxylation is 1. The van der Waals surface area contributed by atoms with Gasteiger partial charge in [0.15, 0.2) is 0 Å². The molecular formula is C19H29N3O2. The first-order chi connectivity index (χ1) is 11.6. The van der Waals surface area contributed by atoms with Gasteiger partial charge in [-0.05, 0) is 44.8 Å². The van der Waals surface area contributed by atoms with Crippen LogP contribution < -0.4 is 4.74 Å². The van der Waals surface area contributed by atoms with E-state index >= 15 is 0 Å². The third kappa shape index (κ3) is 3.91. The number of benzene rings is 1. The highest BCUT2D eigenvalue weighted by molar-refractivity contribution is 5.85. The van der Waals surface area contributed by atoms with Gasteiger partial charge in [0.05, 0.1) is 20.3 Å². The molecule has 0 radical (unpaired) electrons. The van der Waals surface area contributed by atoms with Crippen molar-refractivity contribution in [1.29, 1.82) is 0 Å². The molecule has 1 N–H and O–H groups in total. The number of hydrogen-bond donors (Lipinski definition) is 1. The average Bonchev–Trinajstić information content (AvgIpc) is 2.71. The second kappa shape index (κ2) is 7.55. The zero-order chi connectivity index (χ0) is 17.1. The molecule has 1 saturated heterocycles. The van der Waals surface area contributed by atoms with Crippen LogP contribution in [0.4, 0.5) is 0 Å². The molecule has 0 saturated carbocycles. The van der Waals surface area contributed by atoms with E-state index in [9.17, 15) is 0 Å². The molecule has 0 spiro atoms. The second-order valence-electron chi connectivity index (χ2n) is 7.08. The van der Waals surface area contributed by atoms with Gasteiger partial charge in [-0.3, -0.25) is 4.90 Å². The van der Waals surface area contributed by atoms with Crippen molar-refractivity contribution in [3.63, 3.8) is 0 Å². The molecule has 1 aromatic carbocycles. The minimum absolute atomic E-state index is 0.562. The van der Waals surface area contributed by atoms with E-state index in [-0.39, 0.29) is 0 Å². The van der Waals surface area contributed by atoms with Crippen LogP contribution in [0, 0.1) is 12.8 Å². The van der Waals surface area contributed by atoms with Crippen molar-refractivity contribution in [2.75, 3.05) is 54.1 Å². The zero-order valence-corrected chi connectivity index (χ0v) is 15.3. The predicted molar refractivity (Wildman–Crippen MR) is 97.7 cm³/mol. The fourth-order valence-corrected chi connectivity index (χ4v) is 3.59. The Hall–Kier alpha value is -1.56. The van der Waals surface area contributed by atoms with E-state index < -0.39 is 0 Å². The van der Waals surface area contributed by atoms with Crippen LogP contribution in [0.25, 0.3) is 10.9 Å². The summed E-state index contributed by atoms with van der Waals surface area (Å²) in [6.07, 6.45) is 0. The van der Waals surface area contributed by atoms with Gasteiger partial charge in [-0.15, -0.1) is 0 Å². The summed E-state index contributed by atoms with van der Waals surface area (Å²) >= 11 is 0. The normalized spacial score (nSPS) is 19.8. The molecule has 0 unspecified atom stereocenters. The smallest absolute Gasteiger partial charge is 0.119 e. The van der Waals surface area contributed by atoms with Gasteiger partial charge in [-0.2, -0.15) is 0 Å². The monoisotopic (exact) mass is 331 g/mol. The summed E-state index contributed by atoms with van der Waals surface area (Å²) in [5.41, 5.74) is 3.79. The molecular weight excluding hydrogens is 302 g/mol. The average molecular weight is 331 g/mol. The summed E-state index contributed by atoms with van der Waals surface area (Å²) in [5, 5.41) is 1.25. The lowest BCUT2D eigenvalue weighted by molar-refractivity contribution is 0.112. The first-order valence-corrected chi connectivity index (χ1v) is 8.67. The van der Waals surface area contributed by atoms with Crippen LogP contribution in [0.3, 0.4) is 0 Å². The van der Waals surface area contributed by atoms with Gasteiger partial charge in [0.25, 0.3) is 0 Å². The van der Waals surface area contributed by atoms with Crippen LogP contribution >= 0.6 is 0 Å². The Morgan fingerprint density at radius 3 is 2.96 bits per heavy atom. The molecule has 1 atom stereocenters. The number of nitrogens with one attached hydrogen (secondary N) is 1. The lowest BCUT2D eigenvalue weighted by Crippen LogP contribution is -2.34. The van der Waals surface area contributed by atoms with Gasteiger partial charge in [-0.25, -0.2) is 0 Å². The van der Waals surface area contributed by atoms with Gasteiger partial charge in [0.1, 0.15) is 5.75 Å². The van der Waals surface area contributed by atoms with Crippen molar-refractivity contribution in [1.82, 2.24) is 14.8 Å². The number of ether oxygens (including phenoxy) is 2. The molecule has 24 heavy (non-hydrogen) atoms. The summed E-state index contributed by atoms with van der Waals surface area (Å²) in [7, 11) is 5.97. The molecule has 0 bridgehead atoms. The summed E-state index contributed by atoms with van der Waals surface area (Å²) < 4.78 is 11.2. The summed E-state index contributed by atoms with van der Waals surface area (Å²) in [4.78, 5) is 8.35. The van der Waals surface area contributed by atoms with E-state index in [0.29, 0.717) is 5.92 Å². The molecule has 5 heteroatoms. The maximum atomic E-state index is 5.80. The Labute approximate surface area is 144 Å². The maximum absolute atomic E-state index is 5.80. The molecule has 3 rings (SSSR count). The largest absolute Gasteiger partial charge is 0.497 e. The zero-order valence-electron chi connectivity index (χ0n) is 15.3. The van der Waals surface area contributed by atoms with Crippen LogP contribution in [0.1, 0.15) is 11.3 Å². The standard InChI is InChI=1S/C19H29N3O2/c1-14-17-9-16(23-4)5-6-18(17)20-19(14)12-22-7-8-24-13-15(11-22)10-21(2)3/h5-6,9,15,20H,7-8,10-13H2,1-4H3/t15-/m0/s1. The molecule has 1 aromatic heterocycles. The number of aromatic nitrogens is 1. The van der Waals surface area contributed by atoms with E-state index in [4.69, 9.17) is 9.47 Å². The number of methoxy groups -OCH3 is 1. The molecule has 5 nitrogen and oxygen atoms in total. The number of aromatic amines is 1. The molecule has 1 aliphatic heterocycles. The first kappa shape index (κ1) is 17.3. The van der Waals surface area contributed by atoms with Crippen LogP contribution in [0.2, 0.25) is 0 Å². The lowest BCUT2D eigenvalue weighted by Gasteiger charge is -2.25. The van der Waals surface area contributed by atoms with Crippen molar-refractivity contribution in [3.05, 3.63) is 29.5 Å². The second-order valence-corrected chi connectivity index (χ2v) is 7.08. The van der Waals surface area contributed by atoms with Crippen molar-refractivity contribution in [3.8, 4) is 5.75 Å². The predicted octanol–water partition coefficient (Wildman–Crippen LogP) is 2.49. The van der Waals surface area contributed by atoms with Crippen LogP contribution in [-0.4, -0.2) is 68.8 Å². The Bertz CT molecular complexity index is 681. The molecule has 1 fully saturated rings. The summed E-state index contributed by atoms with van der Waals surface area (Å²) in [6, 6.07) is 6.23. The fraction of sp³-hybridized carbons (Fsp3) is 0.579. The lowest BCUT2D eigenvalue weighted by atomic mass is 10.1. The molecule has 0 amide bonds. The third-order valence-corrected chi connectivity index (χ3v) is 4.80. The van der Waals surface area contributed by atoms with Gasteiger partial charge in [0.2, 0.25) is 0 Å². The number of fused-ring (bicyclic) bond motifs is 1. The van der Waals surface area contributed by atoms with E-state index in [1.54, 1.807) is 7.11 Å². The molecule has 2 aromatic rings. The van der Waals surface area contributed by atoms with Crippen LogP contribution in [0.5, 0.6) is 5.75 Å². The Kier molecular flexibility index (Phi) is 5.43. The van der Waals surface area contributed by atoms with Crippen molar-refractivity contribution < 1.29 is 9.47 Å². The number of H-pyrrole nitrogens is 1. The van der Waals surface area contributed by atoms with Crippen molar-refractivity contribution in [2.45, 2.75) is 13.5 Å². The van der Waals surface area contributed by atoms with Crippen molar-refractivity contribution in [2.24, 2.45) is 5.92 Å². The van der Waals surface area contributed by atoms with E-state index in [1.807, 2.05) is 6.07 Å². The molecule has 1 aliphatic rings. The van der Waals surface area contributed by atoms with Crippen molar-refractivity contribution >= 4 is 10.9 Å². The van der Waals surface area contributed by atoms with E-state index in [1.165, 1.54) is 22.2 Å². The first-order valence-electron chi connectivity index (χ1n) is 8.67. The summed E-state index contributed by atoms with van der Waals surface area (Å²) in [5.74, 6) is 1.47. The number of nitrogens with zero attached hydrogens (tertiary/aromatic N) is 2. The van der Waals surface area contributed by atoms with Gasteiger partial charge >= 0.3 is 0 Å². The van der Waals surface area contributed by atoms with Crippen LogP contribution in [0.15, 0.2) is 18.2 Å². The Morgan fingerprint density at radius 2 is 2.21 bits per heavy atom. The van der Waals surface area contributed by atoms with Gasteiger partial charge in [0, 0.05) is 48.7 Å². The highest BCUT2D eigenvalue weighted by Crippen LogP contribution is 2.27. The highest BCUT2D eigenvalue weighted by Gasteiger charge is 2.21. The minimum Gasteiger partial charge on any atom is -0.497 e. The van der Waals surface area contributed by atoms with E-state index in [2.05, 4.69) is 47.9 Å². The highest BCUT2D eigenvalue weighted by atomic mass is 16.5. The number of hydrogen-bond acceptors (Lipinski definition) is 4. The minimum atomic E-state index is 0.562. The SMILES string of the molecule is COc1ccc2[nH]c(CN3CCOC[C@@H](CN(C)C)C3)c(C)c2c1. The van der Waals surface area contributed by atoms with Gasteiger partial charge in [-0.1, -0.05) is 0 Å². The van der Waals surface area contributed by atoms with Crippen LogP contribution in [-0.2, 0) is 11.3 Å². The summed E-state index contributed by atoms with van der Waals surface area (Å²) in [6.45, 7) is 7.95.